The molecule has 0 aliphatic heterocycles. The van der Waals surface area contributed by atoms with Gasteiger partial charge in [-0.1, -0.05) is 29.3 Å². The van der Waals surface area contributed by atoms with Crippen molar-refractivity contribution in [2.75, 3.05) is 0 Å². The van der Waals surface area contributed by atoms with E-state index in [-0.39, 0.29) is 0 Å². The third kappa shape index (κ3) is 2.20. The number of pyridine rings is 1. The zero-order chi connectivity index (χ0) is 11.7. The first-order valence-corrected chi connectivity index (χ1v) is 5.63. The van der Waals surface area contributed by atoms with Crippen LogP contribution in [0.4, 0.5) is 0 Å². The van der Waals surface area contributed by atoms with E-state index in [4.69, 9.17) is 23.2 Å². The van der Waals surface area contributed by atoms with Crippen LogP contribution in [0.1, 0.15) is 17.0 Å². The predicted octanol–water partition coefficient (Wildman–Crippen LogP) is 3.25. The van der Waals surface area contributed by atoms with E-state index in [1.54, 1.807) is 12.3 Å². The Bertz CT molecular complexity index is 503. The molecule has 3 nitrogen and oxygen atoms in total. The Labute approximate surface area is 104 Å². The summed E-state index contributed by atoms with van der Waals surface area (Å²) in [6.45, 7) is 4.50. The first kappa shape index (κ1) is 11.4. The summed E-state index contributed by atoms with van der Waals surface area (Å²) in [4.78, 5) is 4.03. The molecular weight excluding hydrogens is 245 g/mol. The van der Waals surface area contributed by atoms with Crippen molar-refractivity contribution in [3.05, 3.63) is 45.5 Å². The van der Waals surface area contributed by atoms with Crippen LogP contribution in [0.3, 0.4) is 0 Å². The summed E-state index contributed by atoms with van der Waals surface area (Å²) in [6.07, 6.45) is 1.74. The Morgan fingerprint density at radius 1 is 1.25 bits per heavy atom. The zero-order valence-electron chi connectivity index (χ0n) is 9.04. The molecule has 0 saturated heterocycles. The van der Waals surface area contributed by atoms with E-state index in [0.29, 0.717) is 11.7 Å². The first-order chi connectivity index (χ1) is 7.58. The summed E-state index contributed by atoms with van der Waals surface area (Å²) in [5.41, 5.74) is 2.86. The molecule has 0 radical (unpaired) electrons. The number of aromatic nitrogens is 3. The molecule has 2 aromatic heterocycles. The maximum atomic E-state index is 6.07. The summed E-state index contributed by atoms with van der Waals surface area (Å²) < 4.78 is 1.86. The van der Waals surface area contributed by atoms with Gasteiger partial charge in [-0.2, -0.15) is 5.10 Å². The lowest BCUT2D eigenvalue weighted by atomic mass is 10.3. The number of halogens is 2. The molecule has 0 aromatic carbocycles. The monoisotopic (exact) mass is 255 g/mol. The fourth-order valence-electron chi connectivity index (χ4n) is 1.50. The molecule has 0 bridgehead atoms. The quantitative estimate of drug-likeness (QED) is 0.772. The van der Waals surface area contributed by atoms with Crippen LogP contribution >= 0.6 is 23.2 Å². The molecule has 84 valence electrons. The zero-order valence-corrected chi connectivity index (χ0v) is 10.5. The van der Waals surface area contributed by atoms with Crippen LogP contribution in [0.2, 0.25) is 10.2 Å². The van der Waals surface area contributed by atoms with E-state index in [2.05, 4.69) is 10.1 Å². The fraction of sp³-hybridized carbons (Fsp3) is 0.273. The van der Waals surface area contributed by atoms with E-state index in [0.717, 1.165) is 22.0 Å². The lowest BCUT2D eigenvalue weighted by Gasteiger charge is -2.04. The highest BCUT2D eigenvalue weighted by atomic mass is 35.5. The highest BCUT2D eigenvalue weighted by molar-refractivity contribution is 6.31. The lowest BCUT2D eigenvalue weighted by molar-refractivity contribution is 0.657. The average molecular weight is 256 g/mol. The van der Waals surface area contributed by atoms with E-state index in [1.165, 1.54) is 0 Å². The van der Waals surface area contributed by atoms with Crippen LogP contribution in [0.15, 0.2) is 18.3 Å². The van der Waals surface area contributed by atoms with Crippen molar-refractivity contribution in [2.24, 2.45) is 0 Å². The summed E-state index contributed by atoms with van der Waals surface area (Å²) in [6, 6.07) is 3.70. The molecule has 5 heteroatoms. The molecule has 0 unspecified atom stereocenters. The second-order valence-corrected chi connectivity index (χ2v) is 4.40. The summed E-state index contributed by atoms with van der Waals surface area (Å²) >= 11 is 11.8. The third-order valence-electron chi connectivity index (χ3n) is 2.41. The second-order valence-electron chi connectivity index (χ2n) is 3.63. The van der Waals surface area contributed by atoms with Crippen molar-refractivity contribution in [3.8, 4) is 0 Å². The Hall–Kier alpha value is -1.06. The number of hydrogen-bond donors (Lipinski definition) is 0. The Balaban J connectivity index is 2.27. The molecule has 0 spiro atoms. The predicted molar refractivity (Wildman–Crippen MR) is 65.1 cm³/mol. The fourth-order valence-corrected chi connectivity index (χ4v) is 1.75. The van der Waals surface area contributed by atoms with Gasteiger partial charge in [0.15, 0.2) is 0 Å². The molecular formula is C11H11Cl2N3. The topological polar surface area (TPSA) is 30.7 Å². The molecule has 0 saturated carbocycles. The van der Waals surface area contributed by atoms with Gasteiger partial charge >= 0.3 is 0 Å². The van der Waals surface area contributed by atoms with Crippen LogP contribution in [0.25, 0.3) is 0 Å². The van der Waals surface area contributed by atoms with Gasteiger partial charge in [-0.05, 0) is 25.5 Å². The molecule has 0 atom stereocenters. The second kappa shape index (κ2) is 4.44. The average Bonchev–Trinajstić information content (AvgIpc) is 2.50. The van der Waals surface area contributed by atoms with Gasteiger partial charge in [0.05, 0.1) is 23.0 Å². The van der Waals surface area contributed by atoms with Gasteiger partial charge in [-0.15, -0.1) is 0 Å². The summed E-state index contributed by atoms with van der Waals surface area (Å²) in [7, 11) is 0. The highest BCUT2D eigenvalue weighted by Crippen LogP contribution is 2.19. The van der Waals surface area contributed by atoms with E-state index in [9.17, 15) is 0 Å². The van der Waals surface area contributed by atoms with Crippen molar-refractivity contribution >= 4 is 23.2 Å². The summed E-state index contributed by atoms with van der Waals surface area (Å²) in [5, 5.41) is 5.57. The standard InChI is InChI=1S/C11H11Cl2N3/c1-7-11(13)8(2)16(15-7)6-9-3-4-10(12)14-5-9/h3-5H,6H2,1-2H3. The largest absolute Gasteiger partial charge is 0.264 e. The van der Waals surface area contributed by atoms with E-state index >= 15 is 0 Å². The molecule has 0 aliphatic rings. The van der Waals surface area contributed by atoms with Crippen LogP contribution in [0, 0.1) is 13.8 Å². The molecule has 0 fully saturated rings. The number of rotatable bonds is 2. The molecule has 0 amide bonds. The van der Waals surface area contributed by atoms with Gasteiger partial charge in [0.1, 0.15) is 5.15 Å². The van der Waals surface area contributed by atoms with Crippen molar-refractivity contribution in [2.45, 2.75) is 20.4 Å². The maximum absolute atomic E-state index is 6.07. The molecule has 0 N–H and O–H groups in total. The number of aryl methyl sites for hydroxylation is 1. The van der Waals surface area contributed by atoms with Crippen molar-refractivity contribution in [1.29, 1.82) is 0 Å². The molecule has 0 aliphatic carbocycles. The molecule has 2 rings (SSSR count). The highest BCUT2D eigenvalue weighted by Gasteiger charge is 2.09. The summed E-state index contributed by atoms with van der Waals surface area (Å²) in [5.74, 6) is 0. The van der Waals surface area contributed by atoms with E-state index in [1.807, 2.05) is 24.6 Å². The van der Waals surface area contributed by atoms with Gasteiger partial charge in [-0.3, -0.25) is 4.68 Å². The van der Waals surface area contributed by atoms with Crippen LogP contribution in [0.5, 0.6) is 0 Å². The molecule has 16 heavy (non-hydrogen) atoms. The van der Waals surface area contributed by atoms with Gasteiger partial charge in [0.2, 0.25) is 0 Å². The SMILES string of the molecule is Cc1nn(Cc2ccc(Cl)nc2)c(C)c1Cl. The van der Waals surface area contributed by atoms with Gasteiger partial charge < -0.3 is 0 Å². The first-order valence-electron chi connectivity index (χ1n) is 4.88. The van der Waals surface area contributed by atoms with Crippen LogP contribution in [-0.2, 0) is 6.54 Å². The lowest BCUT2D eigenvalue weighted by Crippen LogP contribution is -2.04. The Morgan fingerprint density at radius 3 is 2.50 bits per heavy atom. The smallest absolute Gasteiger partial charge is 0.129 e. The van der Waals surface area contributed by atoms with Gasteiger partial charge in [-0.25, -0.2) is 4.98 Å². The molecule has 2 aromatic rings. The van der Waals surface area contributed by atoms with Crippen LogP contribution < -0.4 is 0 Å². The van der Waals surface area contributed by atoms with Crippen molar-refractivity contribution in [3.63, 3.8) is 0 Å². The molecule has 2 heterocycles. The Kier molecular flexibility index (Phi) is 3.17. The minimum absolute atomic E-state index is 0.496. The van der Waals surface area contributed by atoms with E-state index < -0.39 is 0 Å². The minimum atomic E-state index is 0.496. The van der Waals surface area contributed by atoms with Gasteiger partial charge in [0, 0.05) is 6.20 Å². The number of nitrogens with zero attached hydrogens (tertiary/aromatic N) is 3. The third-order valence-corrected chi connectivity index (χ3v) is 3.18. The minimum Gasteiger partial charge on any atom is -0.264 e. The van der Waals surface area contributed by atoms with Gasteiger partial charge in [0.25, 0.3) is 0 Å². The normalized spacial score (nSPS) is 10.8. The number of hydrogen-bond acceptors (Lipinski definition) is 2. The van der Waals surface area contributed by atoms with Crippen molar-refractivity contribution in [1.82, 2.24) is 14.8 Å². The van der Waals surface area contributed by atoms with Crippen LogP contribution in [-0.4, -0.2) is 14.8 Å². The Morgan fingerprint density at radius 2 is 2.00 bits per heavy atom. The van der Waals surface area contributed by atoms with Crippen molar-refractivity contribution < 1.29 is 0 Å². The maximum Gasteiger partial charge on any atom is 0.129 e.